The van der Waals surface area contributed by atoms with Crippen LogP contribution in [0.25, 0.3) is 11.3 Å². The Labute approximate surface area is 155 Å². The number of benzene rings is 2. The fourth-order valence-electron chi connectivity index (χ4n) is 2.53. The Bertz CT molecular complexity index is 948. The van der Waals surface area contributed by atoms with Crippen molar-refractivity contribution in [3.63, 3.8) is 0 Å². The fourth-order valence-corrected chi connectivity index (χ4v) is 2.53. The maximum absolute atomic E-state index is 12.1. The lowest BCUT2D eigenvalue weighted by Gasteiger charge is -2.08. The first kappa shape index (κ1) is 18.2. The SMILES string of the molecule is COc1ccc([N+](=O)[O-])cc1OC(=O)CCc1ccc(-c2ccccc2)o1. The molecule has 0 aliphatic rings. The van der Waals surface area contributed by atoms with Crippen molar-refractivity contribution in [3.8, 4) is 22.8 Å². The third kappa shape index (κ3) is 4.52. The molecule has 0 fully saturated rings. The summed E-state index contributed by atoms with van der Waals surface area (Å²) in [6.07, 6.45) is 0.413. The largest absolute Gasteiger partial charge is 0.493 e. The number of carbonyl (C=O) groups excluding carboxylic acids is 1. The molecule has 0 spiro atoms. The Morgan fingerprint density at radius 1 is 1.07 bits per heavy atom. The first-order valence-corrected chi connectivity index (χ1v) is 8.24. The van der Waals surface area contributed by atoms with Gasteiger partial charge < -0.3 is 13.9 Å². The van der Waals surface area contributed by atoms with Crippen molar-refractivity contribution in [2.75, 3.05) is 7.11 Å². The minimum Gasteiger partial charge on any atom is -0.493 e. The molecular weight excluding hydrogens is 350 g/mol. The van der Waals surface area contributed by atoms with E-state index in [0.717, 1.165) is 17.4 Å². The quantitative estimate of drug-likeness (QED) is 0.266. The zero-order valence-electron chi connectivity index (χ0n) is 14.6. The molecule has 3 rings (SSSR count). The van der Waals surface area contributed by atoms with Gasteiger partial charge in [-0.1, -0.05) is 30.3 Å². The highest BCUT2D eigenvalue weighted by Gasteiger charge is 2.16. The second-order valence-electron chi connectivity index (χ2n) is 5.70. The summed E-state index contributed by atoms with van der Waals surface area (Å²) in [6, 6.07) is 17.1. The number of hydrogen-bond acceptors (Lipinski definition) is 6. The smallest absolute Gasteiger partial charge is 0.311 e. The summed E-state index contributed by atoms with van der Waals surface area (Å²) in [7, 11) is 1.40. The van der Waals surface area contributed by atoms with Gasteiger partial charge in [-0.05, 0) is 18.2 Å². The van der Waals surface area contributed by atoms with Crippen LogP contribution in [-0.4, -0.2) is 18.0 Å². The lowest BCUT2D eigenvalue weighted by Crippen LogP contribution is -2.10. The van der Waals surface area contributed by atoms with E-state index >= 15 is 0 Å². The molecule has 7 nitrogen and oxygen atoms in total. The molecule has 0 saturated carbocycles. The summed E-state index contributed by atoms with van der Waals surface area (Å²) in [4.78, 5) is 22.4. The first-order valence-electron chi connectivity index (χ1n) is 8.24. The molecule has 0 radical (unpaired) electrons. The van der Waals surface area contributed by atoms with E-state index in [1.54, 1.807) is 0 Å². The van der Waals surface area contributed by atoms with Gasteiger partial charge >= 0.3 is 5.97 Å². The highest BCUT2D eigenvalue weighted by molar-refractivity contribution is 5.74. The van der Waals surface area contributed by atoms with Gasteiger partial charge in [0, 0.05) is 18.1 Å². The maximum atomic E-state index is 12.1. The summed E-state index contributed by atoms with van der Waals surface area (Å²) in [6.45, 7) is 0. The number of carbonyl (C=O) groups is 1. The monoisotopic (exact) mass is 367 g/mol. The highest BCUT2D eigenvalue weighted by Crippen LogP contribution is 2.31. The maximum Gasteiger partial charge on any atom is 0.311 e. The van der Waals surface area contributed by atoms with Crippen molar-refractivity contribution in [1.29, 1.82) is 0 Å². The van der Waals surface area contributed by atoms with E-state index in [-0.39, 0.29) is 23.6 Å². The number of nitrogens with zero attached hydrogens (tertiary/aromatic N) is 1. The molecule has 7 heteroatoms. The normalized spacial score (nSPS) is 10.4. The molecule has 1 heterocycles. The summed E-state index contributed by atoms with van der Waals surface area (Å²) in [5.41, 5.74) is 0.768. The van der Waals surface area contributed by atoms with Crippen molar-refractivity contribution >= 4 is 11.7 Å². The van der Waals surface area contributed by atoms with Crippen LogP contribution in [0.4, 0.5) is 5.69 Å². The van der Waals surface area contributed by atoms with Gasteiger partial charge in [-0.25, -0.2) is 0 Å². The molecule has 27 heavy (non-hydrogen) atoms. The van der Waals surface area contributed by atoms with Gasteiger partial charge in [0.1, 0.15) is 11.5 Å². The van der Waals surface area contributed by atoms with Crippen molar-refractivity contribution in [3.05, 3.63) is 76.5 Å². The molecule has 138 valence electrons. The lowest BCUT2D eigenvalue weighted by molar-refractivity contribution is -0.384. The first-order chi connectivity index (χ1) is 13.1. The van der Waals surface area contributed by atoms with Crippen LogP contribution in [0.2, 0.25) is 0 Å². The number of nitro groups is 1. The van der Waals surface area contributed by atoms with Crippen molar-refractivity contribution in [2.45, 2.75) is 12.8 Å². The third-order valence-corrected chi connectivity index (χ3v) is 3.88. The van der Waals surface area contributed by atoms with Gasteiger partial charge in [-0.2, -0.15) is 0 Å². The molecule has 0 amide bonds. The minimum absolute atomic E-state index is 0.0149. The summed E-state index contributed by atoms with van der Waals surface area (Å²) in [5, 5.41) is 10.9. The van der Waals surface area contributed by atoms with E-state index in [2.05, 4.69) is 0 Å². The van der Waals surface area contributed by atoms with E-state index in [0.29, 0.717) is 12.2 Å². The second-order valence-corrected chi connectivity index (χ2v) is 5.70. The molecule has 0 unspecified atom stereocenters. The standard InChI is InChI=1S/C20H17NO6/c1-25-18-10-7-15(21(23)24)13-19(18)27-20(22)12-9-16-8-11-17(26-16)14-5-3-2-4-6-14/h2-8,10-11,13H,9,12H2,1H3. The number of nitro benzene ring substituents is 1. The molecular formula is C20H17NO6. The van der Waals surface area contributed by atoms with E-state index in [9.17, 15) is 14.9 Å². The van der Waals surface area contributed by atoms with Gasteiger partial charge in [0.25, 0.3) is 5.69 Å². The molecule has 0 atom stereocenters. The molecule has 0 bridgehead atoms. The summed E-state index contributed by atoms with van der Waals surface area (Å²) >= 11 is 0. The van der Waals surface area contributed by atoms with Crippen LogP contribution in [0.5, 0.6) is 11.5 Å². The van der Waals surface area contributed by atoms with E-state index in [4.69, 9.17) is 13.9 Å². The number of esters is 1. The van der Waals surface area contributed by atoms with Crippen molar-refractivity contribution in [2.24, 2.45) is 0 Å². The van der Waals surface area contributed by atoms with Gasteiger partial charge in [-0.3, -0.25) is 14.9 Å². The van der Waals surface area contributed by atoms with Crippen LogP contribution in [0.15, 0.2) is 65.1 Å². The van der Waals surface area contributed by atoms with Crippen LogP contribution in [0, 0.1) is 10.1 Å². The lowest BCUT2D eigenvalue weighted by atomic mass is 10.2. The number of furan rings is 1. The number of hydrogen-bond donors (Lipinski definition) is 0. The molecule has 0 aliphatic carbocycles. The summed E-state index contributed by atoms with van der Waals surface area (Å²) in [5.74, 6) is 1.10. The van der Waals surface area contributed by atoms with Crippen LogP contribution in [0.3, 0.4) is 0 Å². The number of non-ortho nitro benzene ring substituents is 1. The predicted octanol–water partition coefficient (Wildman–Crippen LogP) is 4.40. The van der Waals surface area contributed by atoms with Gasteiger partial charge in [-0.15, -0.1) is 0 Å². The molecule has 0 aliphatic heterocycles. The zero-order valence-corrected chi connectivity index (χ0v) is 14.6. The Balaban J connectivity index is 1.63. The average Bonchev–Trinajstić information content (AvgIpc) is 3.16. The Morgan fingerprint density at radius 3 is 2.56 bits per heavy atom. The molecule has 2 aromatic carbocycles. The van der Waals surface area contributed by atoms with E-state index in [1.807, 2.05) is 42.5 Å². The highest BCUT2D eigenvalue weighted by atomic mass is 16.6. The minimum atomic E-state index is -0.565. The van der Waals surface area contributed by atoms with E-state index < -0.39 is 10.9 Å². The van der Waals surface area contributed by atoms with Crippen LogP contribution < -0.4 is 9.47 Å². The number of methoxy groups -OCH3 is 1. The summed E-state index contributed by atoms with van der Waals surface area (Å²) < 4.78 is 16.1. The van der Waals surface area contributed by atoms with Crippen LogP contribution >= 0.6 is 0 Å². The van der Waals surface area contributed by atoms with Gasteiger partial charge in [0.2, 0.25) is 0 Å². The van der Waals surface area contributed by atoms with Crippen molar-refractivity contribution < 1.29 is 23.6 Å². The second kappa shape index (κ2) is 8.18. The number of aryl methyl sites for hydroxylation is 1. The van der Waals surface area contributed by atoms with E-state index in [1.165, 1.54) is 19.2 Å². The Hall–Kier alpha value is -3.61. The zero-order chi connectivity index (χ0) is 19.2. The molecule has 3 aromatic rings. The predicted molar refractivity (Wildman–Crippen MR) is 97.7 cm³/mol. The Kier molecular flexibility index (Phi) is 5.51. The van der Waals surface area contributed by atoms with Crippen LogP contribution in [0.1, 0.15) is 12.2 Å². The number of ether oxygens (including phenoxy) is 2. The molecule has 1 aromatic heterocycles. The van der Waals surface area contributed by atoms with Gasteiger partial charge in [0.05, 0.1) is 24.5 Å². The topological polar surface area (TPSA) is 91.8 Å². The number of rotatable bonds is 7. The van der Waals surface area contributed by atoms with Crippen LogP contribution in [-0.2, 0) is 11.2 Å². The molecule has 0 saturated heterocycles. The Morgan fingerprint density at radius 2 is 1.85 bits per heavy atom. The van der Waals surface area contributed by atoms with Gasteiger partial charge in [0.15, 0.2) is 11.5 Å². The average molecular weight is 367 g/mol. The third-order valence-electron chi connectivity index (χ3n) is 3.88. The fraction of sp³-hybridized carbons (Fsp3) is 0.150. The van der Waals surface area contributed by atoms with Crippen molar-refractivity contribution in [1.82, 2.24) is 0 Å². The molecule has 0 N–H and O–H groups in total.